The fraction of sp³-hybridized carbons (Fsp3) is 0.250. The third kappa shape index (κ3) is 2.17. The van der Waals surface area contributed by atoms with E-state index in [1.54, 1.807) is 20.0 Å². The van der Waals surface area contributed by atoms with Crippen LogP contribution in [0, 0.1) is 5.92 Å². The topological polar surface area (TPSA) is 87.4 Å². The zero-order valence-electron chi connectivity index (χ0n) is 12.3. The van der Waals surface area contributed by atoms with Gasteiger partial charge in [-0.3, -0.25) is 4.79 Å². The van der Waals surface area contributed by atoms with Gasteiger partial charge in [0.05, 0.1) is 12.1 Å². The molecule has 0 bridgehead atoms. The lowest BCUT2D eigenvalue weighted by Crippen LogP contribution is -2.29. The number of aliphatic hydroxyl groups is 1. The third-order valence-electron chi connectivity index (χ3n) is 3.97. The van der Waals surface area contributed by atoms with Crippen LogP contribution in [0.3, 0.4) is 0 Å². The van der Waals surface area contributed by atoms with E-state index in [1.165, 1.54) is 4.68 Å². The molecule has 1 aliphatic rings. The molecule has 6 heteroatoms. The Bertz CT molecular complexity index is 749. The number of rotatable bonds is 3. The van der Waals surface area contributed by atoms with Crippen LogP contribution in [0.1, 0.15) is 20.1 Å². The number of benzene rings is 1. The van der Waals surface area contributed by atoms with Crippen LogP contribution in [-0.4, -0.2) is 26.0 Å². The van der Waals surface area contributed by atoms with Crippen molar-refractivity contribution in [2.75, 3.05) is 5.32 Å². The Hall–Kier alpha value is -2.60. The molecule has 3 N–H and O–H groups in total. The molecule has 0 radical (unpaired) electrons. The smallest absolute Gasteiger partial charge is 0.310 e. The van der Waals surface area contributed by atoms with Gasteiger partial charge in [0.15, 0.2) is 6.23 Å². The molecule has 0 fully saturated rings. The van der Waals surface area contributed by atoms with Crippen molar-refractivity contribution in [3.05, 3.63) is 47.8 Å². The minimum absolute atomic E-state index is 0.419. The third-order valence-corrected chi connectivity index (χ3v) is 3.97. The molecule has 114 valence electrons. The molecule has 0 saturated carbocycles. The second-order valence-electron chi connectivity index (χ2n) is 5.36. The summed E-state index contributed by atoms with van der Waals surface area (Å²) in [4.78, 5) is 11.2. The van der Waals surface area contributed by atoms with Crippen LogP contribution >= 0.6 is 0 Å². The van der Waals surface area contributed by atoms with Crippen molar-refractivity contribution in [1.29, 1.82) is 0 Å². The molecule has 0 spiro atoms. The van der Waals surface area contributed by atoms with Crippen LogP contribution in [0.5, 0.6) is 0 Å². The molecule has 1 aliphatic heterocycles. The summed E-state index contributed by atoms with van der Waals surface area (Å²) in [6.45, 7) is 3.32. The van der Waals surface area contributed by atoms with Gasteiger partial charge >= 0.3 is 5.97 Å². The van der Waals surface area contributed by atoms with Crippen LogP contribution in [0.2, 0.25) is 0 Å². The normalized spacial score (nSPS) is 18.6. The largest absolute Gasteiger partial charge is 0.481 e. The number of carbonyl (C=O) groups is 1. The molecule has 2 heterocycles. The summed E-state index contributed by atoms with van der Waals surface area (Å²) in [5.74, 6) is -1.10. The number of aliphatic hydroxyl groups excluding tert-OH is 1. The molecule has 2 aromatic rings. The minimum Gasteiger partial charge on any atom is -0.481 e. The quantitative estimate of drug-likeness (QED) is 0.810. The van der Waals surface area contributed by atoms with E-state index in [0.29, 0.717) is 17.1 Å². The number of nitrogens with zero attached hydrogens (tertiary/aromatic N) is 2. The number of aromatic nitrogens is 2. The molecule has 3 rings (SSSR count). The summed E-state index contributed by atoms with van der Waals surface area (Å²) in [6.07, 6.45) is 0.586. The number of carboxylic acid groups (broad SMARTS) is 1. The van der Waals surface area contributed by atoms with Crippen molar-refractivity contribution in [3.8, 4) is 11.1 Å². The van der Waals surface area contributed by atoms with Crippen LogP contribution < -0.4 is 5.32 Å². The molecule has 22 heavy (non-hydrogen) atoms. The van der Waals surface area contributed by atoms with Gasteiger partial charge in [-0.25, -0.2) is 4.68 Å². The van der Waals surface area contributed by atoms with Crippen molar-refractivity contribution in [1.82, 2.24) is 9.78 Å². The summed E-state index contributed by atoms with van der Waals surface area (Å²) in [5, 5.41) is 27.1. The van der Waals surface area contributed by atoms with Crippen LogP contribution in [-0.2, 0) is 4.79 Å². The average molecular weight is 299 g/mol. The second-order valence-corrected chi connectivity index (χ2v) is 5.36. The highest BCUT2D eigenvalue weighted by Gasteiger charge is 2.33. The maximum absolute atomic E-state index is 11.2. The standard InChI is InChI=1S/C16H17N3O3/c1-9(16(21)22)13-10(2)18-14-12(8-17-19(14)15(13)20)11-6-4-3-5-7-11/h3-9,15,18,20H,1-2H3,(H,21,22). The van der Waals surface area contributed by atoms with Gasteiger partial charge in [0.1, 0.15) is 5.82 Å². The first-order valence-corrected chi connectivity index (χ1v) is 7.02. The number of nitrogens with one attached hydrogen (secondary N) is 1. The molecular formula is C16H17N3O3. The summed E-state index contributed by atoms with van der Waals surface area (Å²) in [5.41, 5.74) is 2.90. The van der Waals surface area contributed by atoms with E-state index in [1.807, 2.05) is 30.3 Å². The number of hydrogen-bond acceptors (Lipinski definition) is 4. The highest BCUT2D eigenvalue weighted by molar-refractivity contribution is 5.79. The maximum Gasteiger partial charge on any atom is 0.310 e. The molecule has 0 amide bonds. The maximum atomic E-state index is 11.2. The van der Waals surface area contributed by atoms with Gasteiger partial charge in [-0.2, -0.15) is 5.10 Å². The number of allylic oxidation sites excluding steroid dienone is 1. The van der Waals surface area contributed by atoms with Gasteiger partial charge < -0.3 is 15.5 Å². The van der Waals surface area contributed by atoms with Gasteiger partial charge in [-0.05, 0) is 19.4 Å². The van der Waals surface area contributed by atoms with Crippen LogP contribution in [0.25, 0.3) is 11.1 Å². The summed E-state index contributed by atoms with van der Waals surface area (Å²) in [7, 11) is 0. The zero-order chi connectivity index (χ0) is 15.9. The fourth-order valence-electron chi connectivity index (χ4n) is 2.76. The molecule has 1 aromatic carbocycles. The number of anilines is 1. The van der Waals surface area contributed by atoms with E-state index >= 15 is 0 Å². The molecule has 0 saturated heterocycles. The Morgan fingerprint density at radius 1 is 1.36 bits per heavy atom. The van der Waals surface area contributed by atoms with E-state index in [-0.39, 0.29) is 0 Å². The first-order valence-electron chi connectivity index (χ1n) is 7.02. The number of carboxylic acids is 1. The van der Waals surface area contributed by atoms with Crippen molar-refractivity contribution in [2.45, 2.75) is 20.1 Å². The predicted octanol–water partition coefficient (Wildman–Crippen LogP) is 2.46. The number of fused-ring (bicyclic) bond motifs is 1. The second kappa shape index (κ2) is 5.31. The zero-order valence-corrected chi connectivity index (χ0v) is 12.3. The Balaban J connectivity index is 2.06. The van der Waals surface area contributed by atoms with Gasteiger partial charge in [-0.1, -0.05) is 30.3 Å². The monoisotopic (exact) mass is 299 g/mol. The van der Waals surface area contributed by atoms with E-state index in [2.05, 4.69) is 10.4 Å². The lowest BCUT2D eigenvalue weighted by atomic mass is 9.96. The molecule has 1 aromatic heterocycles. The summed E-state index contributed by atoms with van der Waals surface area (Å²) in [6, 6.07) is 9.71. The average Bonchev–Trinajstić information content (AvgIpc) is 2.91. The van der Waals surface area contributed by atoms with E-state index in [4.69, 9.17) is 0 Å². The van der Waals surface area contributed by atoms with E-state index in [9.17, 15) is 15.0 Å². The molecule has 2 unspecified atom stereocenters. The van der Waals surface area contributed by atoms with Crippen molar-refractivity contribution in [2.24, 2.45) is 5.92 Å². The van der Waals surface area contributed by atoms with Gasteiger partial charge in [0.2, 0.25) is 0 Å². The summed E-state index contributed by atoms with van der Waals surface area (Å²) >= 11 is 0. The van der Waals surface area contributed by atoms with Gasteiger partial charge in [0, 0.05) is 16.8 Å². The number of hydrogen-bond donors (Lipinski definition) is 3. The Morgan fingerprint density at radius 2 is 2.05 bits per heavy atom. The lowest BCUT2D eigenvalue weighted by Gasteiger charge is -2.29. The Kier molecular flexibility index (Phi) is 3.46. The summed E-state index contributed by atoms with van der Waals surface area (Å²) < 4.78 is 1.42. The Morgan fingerprint density at radius 3 is 2.68 bits per heavy atom. The Labute approximate surface area is 127 Å². The van der Waals surface area contributed by atoms with Crippen molar-refractivity contribution in [3.63, 3.8) is 0 Å². The molecule has 0 aliphatic carbocycles. The SMILES string of the molecule is CC1=C(C(C)C(=O)O)C(O)n2ncc(-c3ccccc3)c2N1. The minimum atomic E-state index is -1.08. The van der Waals surface area contributed by atoms with Crippen molar-refractivity contribution < 1.29 is 15.0 Å². The van der Waals surface area contributed by atoms with Crippen LogP contribution in [0.4, 0.5) is 5.82 Å². The molecular weight excluding hydrogens is 282 g/mol. The van der Waals surface area contributed by atoms with Gasteiger partial charge in [-0.15, -0.1) is 0 Å². The van der Waals surface area contributed by atoms with E-state index < -0.39 is 18.1 Å². The van der Waals surface area contributed by atoms with Crippen LogP contribution in [0.15, 0.2) is 47.8 Å². The molecule has 6 nitrogen and oxygen atoms in total. The highest BCUT2D eigenvalue weighted by atomic mass is 16.4. The number of aliphatic carboxylic acids is 1. The highest BCUT2D eigenvalue weighted by Crippen LogP contribution is 2.38. The lowest BCUT2D eigenvalue weighted by molar-refractivity contribution is -0.140. The fourth-order valence-corrected chi connectivity index (χ4v) is 2.76. The van der Waals surface area contributed by atoms with Gasteiger partial charge in [0.25, 0.3) is 0 Å². The molecule has 2 atom stereocenters. The van der Waals surface area contributed by atoms with Crippen molar-refractivity contribution >= 4 is 11.8 Å². The first-order chi connectivity index (χ1) is 10.5. The predicted molar refractivity (Wildman–Crippen MR) is 82.0 cm³/mol. The van der Waals surface area contributed by atoms with E-state index in [0.717, 1.165) is 11.1 Å². The first kappa shape index (κ1) is 14.3.